The van der Waals surface area contributed by atoms with Crippen molar-refractivity contribution in [1.82, 2.24) is 5.32 Å². The van der Waals surface area contributed by atoms with Gasteiger partial charge in [0, 0.05) is 18.2 Å². The highest BCUT2D eigenvalue weighted by Crippen LogP contribution is 2.26. The van der Waals surface area contributed by atoms with Gasteiger partial charge < -0.3 is 10.1 Å². The molecule has 2 rings (SSSR count). The summed E-state index contributed by atoms with van der Waals surface area (Å²) in [4.78, 5) is 0. The highest BCUT2D eigenvalue weighted by atomic mass is 19.4. The van der Waals surface area contributed by atoms with Gasteiger partial charge in [-0.05, 0) is 18.9 Å². The van der Waals surface area contributed by atoms with E-state index in [9.17, 15) is 13.2 Å². The number of alkyl halides is 3. The smallest absolute Gasteiger partial charge is 0.405 e. The summed E-state index contributed by atoms with van der Waals surface area (Å²) in [5, 5.41) is 3.38. The Labute approximate surface area is 123 Å². The normalized spacial score (nSPS) is 18.0. The minimum absolute atomic E-state index is 0.108. The van der Waals surface area contributed by atoms with Crippen LogP contribution in [0.3, 0.4) is 0 Å². The van der Waals surface area contributed by atoms with Crippen molar-refractivity contribution < 1.29 is 17.9 Å². The number of nitrogens with one attached hydrogen (secondary N) is 1. The molecule has 0 spiro atoms. The zero-order valence-electron chi connectivity index (χ0n) is 12.1. The lowest BCUT2D eigenvalue weighted by atomic mass is 9.96. The first-order chi connectivity index (χ1) is 10.0. The van der Waals surface area contributed by atoms with E-state index in [0.29, 0.717) is 18.2 Å². The van der Waals surface area contributed by atoms with Crippen LogP contribution >= 0.6 is 0 Å². The maximum absolute atomic E-state index is 12.4. The maximum Gasteiger partial charge on any atom is 0.573 e. The van der Waals surface area contributed by atoms with Crippen LogP contribution in [0, 0.1) is 0 Å². The Morgan fingerprint density at radius 3 is 2.29 bits per heavy atom. The van der Waals surface area contributed by atoms with Crippen molar-refractivity contribution in [2.75, 3.05) is 0 Å². The summed E-state index contributed by atoms with van der Waals surface area (Å²) >= 11 is 0. The molecule has 0 heterocycles. The van der Waals surface area contributed by atoms with Crippen LogP contribution in [0.1, 0.15) is 50.5 Å². The second kappa shape index (κ2) is 7.69. The molecule has 1 aliphatic rings. The van der Waals surface area contributed by atoms with Crippen molar-refractivity contribution in [2.24, 2.45) is 0 Å². The highest BCUT2D eigenvalue weighted by Gasteiger charge is 2.31. The molecule has 2 nitrogen and oxygen atoms in total. The summed E-state index contributed by atoms with van der Waals surface area (Å²) in [6.07, 6.45) is 3.75. The van der Waals surface area contributed by atoms with Gasteiger partial charge in [0.15, 0.2) is 0 Å². The average Bonchev–Trinajstić information content (AvgIpc) is 2.37. The molecule has 0 bridgehead atoms. The fourth-order valence-corrected chi connectivity index (χ4v) is 2.79. The van der Waals surface area contributed by atoms with Gasteiger partial charge in [0.25, 0.3) is 0 Å². The van der Waals surface area contributed by atoms with Crippen LogP contribution in [0.2, 0.25) is 0 Å². The second-order valence-corrected chi connectivity index (χ2v) is 5.58. The van der Waals surface area contributed by atoms with E-state index in [1.807, 2.05) is 0 Å². The van der Waals surface area contributed by atoms with Crippen LogP contribution in [0.15, 0.2) is 24.3 Å². The molecule has 0 saturated heterocycles. The van der Waals surface area contributed by atoms with Gasteiger partial charge in [0.2, 0.25) is 0 Å². The molecule has 1 aliphatic carbocycles. The monoisotopic (exact) mass is 301 g/mol. The minimum atomic E-state index is -4.64. The van der Waals surface area contributed by atoms with Gasteiger partial charge in [-0.15, -0.1) is 13.2 Å². The van der Waals surface area contributed by atoms with Gasteiger partial charge in [0.05, 0.1) is 0 Å². The van der Waals surface area contributed by atoms with Crippen molar-refractivity contribution in [2.45, 2.75) is 63.9 Å². The average molecular weight is 301 g/mol. The maximum atomic E-state index is 12.4. The van der Waals surface area contributed by atoms with Crippen molar-refractivity contribution in [1.29, 1.82) is 0 Å². The van der Waals surface area contributed by atoms with Gasteiger partial charge in [0.1, 0.15) is 5.75 Å². The predicted octanol–water partition coefficient (Wildman–Crippen LogP) is 4.79. The first-order valence-corrected chi connectivity index (χ1v) is 7.61. The van der Waals surface area contributed by atoms with Gasteiger partial charge >= 0.3 is 6.36 Å². The van der Waals surface area contributed by atoms with Crippen LogP contribution in [-0.4, -0.2) is 12.4 Å². The molecular formula is C16H22F3NO. The number of rotatable bonds is 4. The largest absolute Gasteiger partial charge is 0.573 e. The fraction of sp³-hybridized carbons (Fsp3) is 0.625. The molecular weight excluding hydrogens is 279 g/mol. The highest BCUT2D eigenvalue weighted by molar-refractivity contribution is 5.33. The van der Waals surface area contributed by atoms with E-state index in [2.05, 4.69) is 10.1 Å². The van der Waals surface area contributed by atoms with Crippen molar-refractivity contribution in [3.8, 4) is 5.75 Å². The molecule has 0 radical (unpaired) electrons. The van der Waals surface area contributed by atoms with Crippen LogP contribution in [0.25, 0.3) is 0 Å². The summed E-state index contributed by atoms with van der Waals surface area (Å²) in [7, 11) is 0. The Hall–Kier alpha value is -1.23. The molecule has 1 aromatic carbocycles. The number of benzene rings is 1. The summed E-state index contributed by atoms with van der Waals surface area (Å²) in [6, 6.07) is 6.72. The molecule has 118 valence electrons. The predicted molar refractivity (Wildman–Crippen MR) is 76.1 cm³/mol. The molecule has 21 heavy (non-hydrogen) atoms. The van der Waals surface area contributed by atoms with E-state index in [1.165, 1.54) is 38.2 Å². The summed E-state index contributed by atoms with van der Waals surface area (Å²) < 4.78 is 41.2. The zero-order valence-corrected chi connectivity index (χ0v) is 12.1. The topological polar surface area (TPSA) is 21.3 Å². The van der Waals surface area contributed by atoms with Crippen LogP contribution in [0.4, 0.5) is 13.2 Å². The van der Waals surface area contributed by atoms with Crippen molar-refractivity contribution in [3.63, 3.8) is 0 Å². The van der Waals surface area contributed by atoms with Gasteiger partial charge in [-0.1, -0.05) is 50.3 Å². The molecule has 0 aromatic heterocycles. The number of halogens is 3. The van der Waals surface area contributed by atoms with E-state index in [1.54, 1.807) is 18.2 Å². The Kier molecular flexibility index (Phi) is 5.91. The Bertz CT molecular complexity index is 426. The number of hydrogen-bond donors (Lipinski definition) is 1. The third-order valence-electron chi connectivity index (χ3n) is 3.88. The molecule has 0 unspecified atom stereocenters. The molecule has 1 saturated carbocycles. The summed E-state index contributed by atoms with van der Waals surface area (Å²) in [5.74, 6) is -0.108. The number of para-hydroxylation sites is 1. The lowest BCUT2D eigenvalue weighted by Gasteiger charge is -2.22. The Balaban J connectivity index is 1.92. The first-order valence-electron chi connectivity index (χ1n) is 7.61. The third-order valence-corrected chi connectivity index (χ3v) is 3.88. The molecule has 0 atom stereocenters. The fourth-order valence-electron chi connectivity index (χ4n) is 2.79. The summed E-state index contributed by atoms with van der Waals surface area (Å²) in [5.41, 5.74) is 0.553. The SMILES string of the molecule is FC(F)(F)Oc1ccccc1CNC1CCCCCCC1. The Morgan fingerprint density at radius 1 is 1.00 bits per heavy atom. The molecule has 0 amide bonds. The van der Waals surface area contributed by atoms with Crippen LogP contribution in [-0.2, 0) is 6.54 Å². The van der Waals surface area contributed by atoms with E-state index < -0.39 is 6.36 Å². The first kappa shape index (κ1) is 16.1. The molecule has 5 heteroatoms. The van der Waals surface area contributed by atoms with E-state index >= 15 is 0 Å². The third kappa shape index (κ3) is 5.96. The molecule has 0 aliphatic heterocycles. The minimum Gasteiger partial charge on any atom is -0.405 e. The standard InChI is InChI=1S/C16H22F3NO/c17-16(18,19)21-15-11-7-6-8-13(15)12-20-14-9-4-2-1-3-5-10-14/h6-8,11,14,20H,1-5,9-10,12H2. The van der Waals surface area contributed by atoms with Gasteiger partial charge in [-0.25, -0.2) is 0 Å². The van der Waals surface area contributed by atoms with Crippen LogP contribution in [0.5, 0.6) is 5.75 Å². The lowest BCUT2D eigenvalue weighted by Crippen LogP contribution is -2.29. The number of hydrogen-bond acceptors (Lipinski definition) is 2. The van der Waals surface area contributed by atoms with Crippen molar-refractivity contribution in [3.05, 3.63) is 29.8 Å². The summed E-state index contributed by atoms with van der Waals surface area (Å²) in [6.45, 7) is 0.414. The quantitative estimate of drug-likeness (QED) is 0.863. The van der Waals surface area contributed by atoms with Gasteiger partial charge in [-0.3, -0.25) is 0 Å². The van der Waals surface area contributed by atoms with E-state index in [0.717, 1.165) is 12.8 Å². The zero-order chi connectivity index (χ0) is 15.1. The van der Waals surface area contributed by atoms with Crippen molar-refractivity contribution >= 4 is 0 Å². The molecule has 1 N–H and O–H groups in total. The van der Waals surface area contributed by atoms with Crippen LogP contribution < -0.4 is 10.1 Å². The van der Waals surface area contributed by atoms with E-state index in [4.69, 9.17) is 0 Å². The molecule has 1 fully saturated rings. The van der Waals surface area contributed by atoms with E-state index in [-0.39, 0.29) is 5.75 Å². The Morgan fingerprint density at radius 2 is 1.62 bits per heavy atom. The van der Waals surface area contributed by atoms with Gasteiger partial charge in [-0.2, -0.15) is 0 Å². The molecule has 1 aromatic rings. The second-order valence-electron chi connectivity index (χ2n) is 5.58. The number of ether oxygens (including phenoxy) is 1. The lowest BCUT2D eigenvalue weighted by molar-refractivity contribution is -0.274.